The number of pyridine rings is 1. The molecule has 6 nitrogen and oxygen atoms in total. The number of anilines is 1. The van der Waals surface area contributed by atoms with E-state index in [0.29, 0.717) is 23.7 Å². The minimum absolute atomic E-state index is 0.151. The Morgan fingerprint density at radius 1 is 1.24 bits per heavy atom. The Morgan fingerprint density at radius 2 is 2.00 bits per heavy atom. The summed E-state index contributed by atoms with van der Waals surface area (Å²) in [4.78, 5) is 4.18. The van der Waals surface area contributed by atoms with E-state index in [1.54, 1.807) is 30.3 Å². The maximum atomic E-state index is 12.4. The van der Waals surface area contributed by atoms with Gasteiger partial charge in [-0.15, -0.1) is 0 Å². The Hall–Kier alpha value is -2.12. The predicted molar refractivity (Wildman–Crippen MR) is 80.5 cm³/mol. The van der Waals surface area contributed by atoms with Gasteiger partial charge in [-0.25, -0.2) is 13.4 Å². The van der Waals surface area contributed by atoms with Crippen molar-refractivity contribution in [3.8, 4) is 5.88 Å². The summed E-state index contributed by atoms with van der Waals surface area (Å²) in [7, 11) is -3.69. The second-order valence-electron chi connectivity index (χ2n) is 4.24. The van der Waals surface area contributed by atoms with Crippen molar-refractivity contribution in [1.29, 1.82) is 0 Å². The average molecular weight is 307 g/mol. The number of nitrogens with zero attached hydrogens (tertiary/aromatic N) is 1. The van der Waals surface area contributed by atoms with E-state index in [1.807, 2.05) is 6.92 Å². The molecule has 0 radical (unpaired) electrons. The van der Waals surface area contributed by atoms with Crippen LogP contribution in [0.1, 0.15) is 12.5 Å². The van der Waals surface area contributed by atoms with Gasteiger partial charge in [-0.05, 0) is 24.6 Å². The summed E-state index contributed by atoms with van der Waals surface area (Å²) in [6, 6.07) is 9.82. The third-order valence-corrected chi connectivity index (χ3v) is 4.24. The van der Waals surface area contributed by atoms with Gasteiger partial charge in [-0.2, -0.15) is 0 Å². The van der Waals surface area contributed by atoms with Crippen LogP contribution in [0.3, 0.4) is 0 Å². The first-order valence-electron chi connectivity index (χ1n) is 6.46. The van der Waals surface area contributed by atoms with E-state index >= 15 is 0 Å². The standard InChI is InChI=1S/C14H17N3O3S/c1-2-20-14-8-7-12(10-16-14)17-21(18,19)13-6-4-3-5-11(13)9-15/h3-8,10,17H,2,9,15H2,1H3. The third kappa shape index (κ3) is 3.71. The van der Waals surface area contributed by atoms with Crippen LogP contribution in [0.5, 0.6) is 5.88 Å². The Balaban J connectivity index is 2.24. The number of nitrogens with two attached hydrogens (primary N) is 1. The van der Waals surface area contributed by atoms with Crippen LogP contribution in [0.15, 0.2) is 47.5 Å². The zero-order valence-electron chi connectivity index (χ0n) is 11.6. The van der Waals surface area contributed by atoms with Gasteiger partial charge in [-0.3, -0.25) is 4.72 Å². The molecule has 1 heterocycles. The first kappa shape index (κ1) is 15.3. The number of rotatable bonds is 6. The Kier molecular flexibility index (Phi) is 4.77. The highest BCUT2D eigenvalue weighted by Gasteiger charge is 2.17. The zero-order chi connectivity index (χ0) is 15.3. The molecule has 0 aliphatic heterocycles. The van der Waals surface area contributed by atoms with Crippen LogP contribution in [0.4, 0.5) is 5.69 Å². The highest BCUT2D eigenvalue weighted by Crippen LogP contribution is 2.20. The molecular formula is C14H17N3O3S. The topological polar surface area (TPSA) is 94.3 Å². The van der Waals surface area contributed by atoms with Gasteiger partial charge in [0, 0.05) is 12.6 Å². The molecule has 0 aliphatic carbocycles. The Morgan fingerprint density at radius 3 is 2.62 bits per heavy atom. The van der Waals surface area contributed by atoms with Crippen molar-refractivity contribution in [2.75, 3.05) is 11.3 Å². The molecule has 7 heteroatoms. The highest BCUT2D eigenvalue weighted by molar-refractivity contribution is 7.92. The SMILES string of the molecule is CCOc1ccc(NS(=O)(=O)c2ccccc2CN)cn1. The largest absolute Gasteiger partial charge is 0.478 e. The number of hydrogen-bond acceptors (Lipinski definition) is 5. The number of aromatic nitrogens is 1. The van der Waals surface area contributed by atoms with E-state index in [-0.39, 0.29) is 11.4 Å². The van der Waals surface area contributed by atoms with Crippen molar-refractivity contribution in [3.05, 3.63) is 48.2 Å². The van der Waals surface area contributed by atoms with Crippen LogP contribution in [0.25, 0.3) is 0 Å². The third-order valence-electron chi connectivity index (χ3n) is 2.76. The van der Waals surface area contributed by atoms with E-state index in [4.69, 9.17) is 10.5 Å². The molecule has 112 valence electrons. The van der Waals surface area contributed by atoms with Gasteiger partial charge in [0.1, 0.15) is 0 Å². The summed E-state index contributed by atoms with van der Waals surface area (Å²) >= 11 is 0. The normalized spacial score (nSPS) is 11.1. The van der Waals surface area contributed by atoms with Crippen LogP contribution < -0.4 is 15.2 Å². The summed E-state index contributed by atoms with van der Waals surface area (Å²) < 4.78 is 32.4. The zero-order valence-corrected chi connectivity index (χ0v) is 12.4. The lowest BCUT2D eigenvalue weighted by Gasteiger charge is -2.11. The lowest BCUT2D eigenvalue weighted by atomic mass is 10.2. The molecule has 2 rings (SSSR count). The molecule has 1 aromatic carbocycles. The summed E-state index contributed by atoms with van der Waals surface area (Å²) in [5.41, 5.74) is 6.50. The van der Waals surface area contributed by atoms with Gasteiger partial charge in [0.25, 0.3) is 10.0 Å². The van der Waals surface area contributed by atoms with E-state index in [0.717, 1.165) is 0 Å². The van der Waals surface area contributed by atoms with Crippen LogP contribution in [0.2, 0.25) is 0 Å². The summed E-state index contributed by atoms with van der Waals surface area (Å²) in [6.07, 6.45) is 1.41. The molecule has 2 aromatic rings. The molecule has 21 heavy (non-hydrogen) atoms. The summed E-state index contributed by atoms with van der Waals surface area (Å²) in [5.74, 6) is 0.447. The van der Waals surface area contributed by atoms with Gasteiger partial charge in [0.05, 0.1) is 23.4 Å². The van der Waals surface area contributed by atoms with Gasteiger partial charge in [0.15, 0.2) is 0 Å². The number of hydrogen-bond donors (Lipinski definition) is 2. The molecular weight excluding hydrogens is 290 g/mol. The van der Waals surface area contributed by atoms with Gasteiger partial charge >= 0.3 is 0 Å². The maximum Gasteiger partial charge on any atom is 0.262 e. The van der Waals surface area contributed by atoms with Crippen molar-refractivity contribution in [2.24, 2.45) is 5.73 Å². The van der Waals surface area contributed by atoms with Crippen molar-refractivity contribution in [3.63, 3.8) is 0 Å². The fourth-order valence-electron chi connectivity index (χ4n) is 1.82. The van der Waals surface area contributed by atoms with Crippen molar-refractivity contribution >= 4 is 15.7 Å². The Bertz CT molecular complexity index is 700. The minimum atomic E-state index is -3.69. The van der Waals surface area contributed by atoms with E-state index < -0.39 is 10.0 Å². The molecule has 1 aromatic heterocycles. The van der Waals surface area contributed by atoms with E-state index in [9.17, 15) is 8.42 Å². The van der Waals surface area contributed by atoms with Crippen molar-refractivity contribution < 1.29 is 13.2 Å². The lowest BCUT2D eigenvalue weighted by molar-refractivity contribution is 0.327. The molecule has 0 bridgehead atoms. The molecule has 3 N–H and O–H groups in total. The summed E-state index contributed by atoms with van der Waals surface area (Å²) in [5, 5.41) is 0. The van der Waals surface area contributed by atoms with Crippen LogP contribution in [-0.2, 0) is 16.6 Å². The van der Waals surface area contributed by atoms with Crippen LogP contribution in [0, 0.1) is 0 Å². The molecule has 0 saturated carbocycles. The summed E-state index contributed by atoms with van der Waals surface area (Å²) in [6.45, 7) is 2.50. The monoisotopic (exact) mass is 307 g/mol. The van der Waals surface area contributed by atoms with E-state index in [2.05, 4.69) is 9.71 Å². The molecule has 0 atom stereocenters. The molecule has 0 fully saturated rings. The smallest absolute Gasteiger partial charge is 0.262 e. The number of nitrogens with one attached hydrogen (secondary N) is 1. The van der Waals surface area contributed by atoms with Crippen LogP contribution >= 0.6 is 0 Å². The second kappa shape index (κ2) is 6.55. The average Bonchev–Trinajstić information content (AvgIpc) is 2.49. The van der Waals surface area contributed by atoms with Gasteiger partial charge in [0.2, 0.25) is 5.88 Å². The van der Waals surface area contributed by atoms with Crippen molar-refractivity contribution in [2.45, 2.75) is 18.4 Å². The van der Waals surface area contributed by atoms with E-state index in [1.165, 1.54) is 12.3 Å². The first-order valence-corrected chi connectivity index (χ1v) is 7.94. The van der Waals surface area contributed by atoms with Crippen molar-refractivity contribution in [1.82, 2.24) is 4.98 Å². The minimum Gasteiger partial charge on any atom is -0.478 e. The molecule has 0 spiro atoms. The maximum absolute atomic E-state index is 12.4. The Labute approximate surface area is 124 Å². The number of sulfonamides is 1. The predicted octanol–water partition coefficient (Wildman–Crippen LogP) is 1.74. The molecule has 0 aliphatic rings. The molecule has 0 unspecified atom stereocenters. The second-order valence-corrected chi connectivity index (χ2v) is 5.89. The highest BCUT2D eigenvalue weighted by atomic mass is 32.2. The fraction of sp³-hybridized carbons (Fsp3) is 0.214. The van der Waals surface area contributed by atoms with Gasteiger partial charge in [-0.1, -0.05) is 18.2 Å². The fourth-order valence-corrected chi connectivity index (χ4v) is 3.11. The molecule has 0 amide bonds. The van der Waals surface area contributed by atoms with Crippen LogP contribution in [-0.4, -0.2) is 20.0 Å². The number of benzene rings is 1. The first-order chi connectivity index (χ1) is 10.1. The van der Waals surface area contributed by atoms with Gasteiger partial charge < -0.3 is 10.5 Å². The quantitative estimate of drug-likeness (QED) is 0.847. The lowest BCUT2D eigenvalue weighted by Crippen LogP contribution is -2.16. The number of ether oxygens (including phenoxy) is 1. The molecule has 0 saturated heterocycles.